The molecule has 0 bridgehead atoms. The Morgan fingerprint density at radius 1 is 1.00 bits per heavy atom. The van der Waals surface area contributed by atoms with Crippen molar-refractivity contribution in [3.05, 3.63) is 23.5 Å². The highest BCUT2D eigenvalue weighted by Gasteiger charge is 2.20. The second-order valence-corrected chi connectivity index (χ2v) is 5.94. The molecule has 1 aromatic rings. The topological polar surface area (TPSA) is 42.3 Å². The van der Waals surface area contributed by atoms with Gasteiger partial charge in [0.1, 0.15) is 6.54 Å². The van der Waals surface area contributed by atoms with Gasteiger partial charge in [0.05, 0.1) is 0 Å². The monoisotopic (exact) mass is 274 g/mol. The molecule has 20 heavy (non-hydrogen) atoms. The molecule has 1 aliphatic heterocycles. The zero-order valence-electron chi connectivity index (χ0n) is 11.9. The van der Waals surface area contributed by atoms with E-state index in [2.05, 4.69) is 0 Å². The van der Waals surface area contributed by atoms with Crippen LogP contribution in [0.3, 0.4) is 0 Å². The van der Waals surface area contributed by atoms with Gasteiger partial charge in [-0.25, -0.2) is 0 Å². The van der Waals surface area contributed by atoms with E-state index in [1.807, 2.05) is 21.9 Å². The molecule has 0 unspecified atom stereocenters. The molecule has 3 rings (SSSR count). The lowest BCUT2D eigenvalue weighted by molar-refractivity contribution is -0.132. The number of hydrogen-bond donors (Lipinski definition) is 0. The summed E-state index contributed by atoms with van der Waals surface area (Å²) in [5.74, 6) is 0.420. The summed E-state index contributed by atoms with van der Waals surface area (Å²) in [4.78, 5) is 26.2. The van der Waals surface area contributed by atoms with Gasteiger partial charge < -0.3 is 9.47 Å². The zero-order chi connectivity index (χ0) is 13.9. The van der Waals surface area contributed by atoms with Gasteiger partial charge >= 0.3 is 0 Å². The molecule has 108 valence electrons. The molecule has 1 amide bonds. The van der Waals surface area contributed by atoms with Crippen molar-refractivity contribution in [1.82, 2.24) is 9.47 Å². The molecule has 2 heterocycles. The lowest BCUT2D eigenvalue weighted by Crippen LogP contribution is -2.37. The molecular weight excluding hydrogens is 252 g/mol. The van der Waals surface area contributed by atoms with Gasteiger partial charge in [-0.3, -0.25) is 9.59 Å². The molecule has 4 nitrogen and oxygen atoms in total. The molecule has 0 aromatic carbocycles. The van der Waals surface area contributed by atoms with Gasteiger partial charge in [-0.1, -0.05) is 0 Å². The highest BCUT2D eigenvalue weighted by Crippen LogP contribution is 2.21. The van der Waals surface area contributed by atoms with Gasteiger partial charge in [-0.05, 0) is 44.1 Å². The third-order valence-electron chi connectivity index (χ3n) is 4.39. The fourth-order valence-corrected chi connectivity index (χ4v) is 3.23. The van der Waals surface area contributed by atoms with E-state index in [9.17, 15) is 9.59 Å². The van der Waals surface area contributed by atoms with Crippen LogP contribution in [0.15, 0.2) is 12.4 Å². The molecule has 4 heteroatoms. The van der Waals surface area contributed by atoms with Crippen LogP contribution >= 0.6 is 0 Å². The molecule has 1 aliphatic carbocycles. The van der Waals surface area contributed by atoms with E-state index in [0.29, 0.717) is 13.0 Å². The van der Waals surface area contributed by atoms with Crippen molar-refractivity contribution >= 4 is 11.7 Å². The molecule has 1 aromatic heterocycles. The van der Waals surface area contributed by atoms with Gasteiger partial charge in [0.25, 0.3) is 0 Å². The Morgan fingerprint density at radius 2 is 1.75 bits per heavy atom. The third-order valence-corrected chi connectivity index (χ3v) is 4.39. The van der Waals surface area contributed by atoms with Gasteiger partial charge in [-0.15, -0.1) is 0 Å². The summed E-state index contributed by atoms with van der Waals surface area (Å²) < 4.78 is 1.91. The van der Waals surface area contributed by atoms with Gasteiger partial charge in [0.2, 0.25) is 5.91 Å². The lowest BCUT2D eigenvalue weighted by Gasteiger charge is -2.26. The molecule has 1 saturated heterocycles. The van der Waals surface area contributed by atoms with E-state index in [-0.39, 0.29) is 11.7 Å². The molecule has 0 N–H and O–H groups in total. The lowest BCUT2D eigenvalue weighted by atomic mass is 10.1. The number of hydrogen-bond acceptors (Lipinski definition) is 2. The summed E-state index contributed by atoms with van der Waals surface area (Å²) in [5.41, 5.74) is 1.97. The average molecular weight is 274 g/mol. The molecule has 0 spiro atoms. The first-order valence-corrected chi connectivity index (χ1v) is 7.73. The highest BCUT2D eigenvalue weighted by atomic mass is 16.2. The number of Topliss-reactive ketones (excluding diaryl/α,β-unsaturated/α-hetero) is 1. The van der Waals surface area contributed by atoms with Crippen molar-refractivity contribution in [3.8, 4) is 0 Å². The van der Waals surface area contributed by atoms with Gasteiger partial charge in [-0.2, -0.15) is 0 Å². The Bertz CT molecular complexity index is 513. The summed E-state index contributed by atoms with van der Waals surface area (Å²) in [6.45, 7) is 2.15. The number of ketones is 1. The van der Waals surface area contributed by atoms with Crippen molar-refractivity contribution in [3.63, 3.8) is 0 Å². The number of piperidine rings is 1. The highest BCUT2D eigenvalue weighted by molar-refractivity contribution is 5.97. The average Bonchev–Trinajstić information content (AvgIpc) is 2.79. The minimum absolute atomic E-state index is 0.183. The van der Waals surface area contributed by atoms with E-state index >= 15 is 0 Å². The predicted molar refractivity (Wildman–Crippen MR) is 76.7 cm³/mol. The number of fused-ring (bicyclic) bond motifs is 1. The molecule has 2 aliphatic rings. The first-order valence-electron chi connectivity index (χ1n) is 7.73. The maximum Gasteiger partial charge on any atom is 0.242 e. The van der Waals surface area contributed by atoms with Crippen molar-refractivity contribution in [2.45, 2.75) is 51.5 Å². The molecule has 0 atom stereocenters. The van der Waals surface area contributed by atoms with Crippen LogP contribution in [0, 0.1) is 0 Å². The van der Waals surface area contributed by atoms with Crippen LogP contribution in [0.25, 0.3) is 0 Å². The maximum atomic E-state index is 12.2. The fraction of sp³-hybridized carbons (Fsp3) is 0.625. The summed E-state index contributed by atoms with van der Waals surface area (Å²) in [6, 6.07) is 0. The fourth-order valence-electron chi connectivity index (χ4n) is 3.23. The van der Waals surface area contributed by atoms with E-state index in [1.54, 1.807) is 0 Å². The zero-order valence-corrected chi connectivity index (χ0v) is 11.9. The number of nitrogens with zero attached hydrogens (tertiary/aromatic N) is 2. The summed E-state index contributed by atoms with van der Waals surface area (Å²) in [6.07, 6.45) is 11.0. The van der Waals surface area contributed by atoms with Crippen LogP contribution in [-0.2, 0) is 17.8 Å². The van der Waals surface area contributed by atoms with Crippen LogP contribution in [0.5, 0.6) is 0 Å². The second kappa shape index (κ2) is 5.81. The number of carbonyl (C=O) groups excluding carboxylic acids is 2. The quantitative estimate of drug-likeness (QED) is 0.777. The second-order valence-electron chi connectivity index (χ2n) is 5.94. The van der Waals surface area contributed by atoms with Crippen LogP contribution in [0.4, 0.5) is 0 Å². The Hall–Kier alpha value is -1.58. The Morgan fingerprint density at radius 3 is 2.55 bits per heavy atom. The van der Waals surface area contributed by atoms with Crippen LogP contribution in [0.1, 0.15) is 54.4 Å². The van der Waals surface area contributed by atoms with Crippen LogP contribution < -0.4 is 0 Å². The normalized spacial score (nSPS) is 19.6. The number of likely N-dealkylation sites (tertiary alicyclic amines) is 1. The van der Waals surface area contributed by atoms with Crippen molar-refractivity contribution in [2.75, 3.05) is 13.1 Å². The largest absolute Gasteiger partial charge is 0.344 e. The predicted octanol–water partition coefficient (Wildman–Crippen LogP) is 2.41. The Kier molecular flexibility index (Phi) is 3.90. The van der Waals surface area contributed by atoms with E-state index < -0.39 is 0 Å². The molecule has 0 radical (unpaired) electrons. The number of amides is 1. The van der Waals surface area contributed by atoms with Crippen LogP contribution in [0.2, 0.25) is 0 Å². The van der Waals surface area contributed by atoms with Crippen molar-refractivity contribution in [2.24, 2.45) is 0 Å². The van der Waals surface area contributed by atoms with Crippen LogP contribution in [-0.4, -0.2) is 34.2 Å². The van der Waals surface area contributed by atoms with Gasteiger partial charge in [0, 0.05) is 37.5 Å². The number of carbonyl (C=O) groups is 2. The Labute approximate surface area is 119 Å². The number of rotatable bonds is 2. The van der Waals surface area contributed by atoms with E-state index in [4.69, 9.17) is 0 Å². The molecule has 0 saturated carbocycles. The first-order chi connectivity index (χ1) is 9.74. The molecule has 1 fully saturated rings. The summed E-state index contributed by atoms with van der Waals surface area (Å²) >= 11 is 0. The van der Waals surface area contributed by atoms with E-state index in [0.717, 1.165) is 56.3 Å². The third kappa shape index (κ3) is 2.79. The summed E-state index contributed by atoms with van der Waals surface area (Å²) in [5, 5.41) is 0. The number of aromatic nitrogens is 1. The smallest absolute Gasteiger partial charge is 0.242 e. The van der Waals surface area contributed by atoms with Crippen molar-refractivity contribution in [1.29, 1.82) is 0 Å². The number of aryl methyl sites for hydroxylation is 1. The van der Waals surface area contributed by atoms with Crippen molar-refractivity contribution < 1.29 is 9.59 Å². The SMILES string of the molecule is O=C1CCCCc2cn(CC(=O)N3CCCCC3)cc21. The first kappa shape index (κ1) is 13.4. The summed E-state index contributed by atoms with van der Waals surface area (Å²) in [7, 11) is 0. The minimum atomic E-state index is 0.183. The standard InChI is InChI=1S/C16H22N2O2/c19-15-7-3-2-6-13-10-17(11-14(13)15)12-16(20)18-8-4-1-5-9-18/h10-11H,1-9,12H2. The van der Waals surface area contributed by atoms with Gasteiger partial charge in [0.15, 0.2) is 5.78 Å². The minimum Gasteiger partial charge on any atom is -0.344 e. The maximum absolute atomic E-state index is 12.2. The van der Waals surface area contributed by atoms with E-state index in [1.165, 1.54) is 6.42 Å². The molecular formula is C16H22N2O2. The Balaban J connectivity index is 1.70.